The number of carbonyl (C=O) groups is 3. The standard InChI is InChI=1S/C11H16O8/c1-5(12)16-4-8-9(17-6(2)13)10(11(15)19-8)18-7(3)14/h8-11,15H,4H2,1-3H3/t8-,9+,10+,11?/m1/s1. The summed E-state index contributed by atoms with van der Waals surface area (Å²) < 4.78 is 19.6. The second-order valence-corrected chi connectivity index (χ2v) is 4.02. The molecule has 0 aromatic heterocycles. The molecule has 0 aromatic carbocycles. The van der Waals surface area contributed by atoms with Crippen LogP contribution in [0.5, 0.6) is 0 Å². The van der Waals surface area contributed by atoms with Gasteiger partial charge in [0.15, 0.2) is 18.5 Å². The summed E-state index contributed by atoms with van der Waals surface area (Å²) in [6, 6.07) is 0. The van der Waals surface area contributed by atoms with Crippen LogP contribution in [0.2, 0.25) is 0 Å². The lowest BCUT2D eigenvalue weighted by molar-refractivity contribution is -0.174. The Bertz CT molecular complexity index is 366. The van der Waals surface area contributed by atoms with Crippen molar-refractivity contribution in [3.63, 3.8) is 0 Å². The highest BCUT2D eigenvalue weighted by Gasteiger charge is 2.48. The molecule has 1 rings (SSSR count). The summed E-state index contributed by atoms with van der Waals surface area (Å²) in [6.45, 7) is 3.30. The summed E-state index contributed by atoms with van der Waals surface area (Å²) in [5.74, 6) is -1.83. The summed E-state index contributed by atoms with van der Waals surface area (Å²) in [7, 11) is 0. The number of rotatable bonds is 4. The van der Waals surface area contributed by atoms with Crippen LogP contribution in [0.4, 0.5) is 0 Å². The maximum Gasteiger partial charge on any atom is 0.303 e. The number of carbonyl (C=O) groups excluding carboxylic acids is 3. The van der Waals surface area contributed by atoms with Gasteiger partial charge in [-0.05, 0) is 0 Å². The van der Waals surface area contributed by atoms with Gasteiger partial charge in [0.05, 0.1) is 0 Å². The molecule has 1 N–H and O–H groups in total. The molecule has 0 bridgehead atoms. The van der Waals surface area contributed by atoms with E-state index in [1.807, 2.05) is 0 Å². The van der Waals surface area contributed by atoms with E-state index in [1.165, 1.54) is 13.8 Å². The van der Waals surface area contributed by atoms with Gasteiger partial charge in [-0.15, -0.1) is 0 Å². The largest absolute Gasteiger partial charge is 0.463 e. The van der Waals surface area contributed by atoms with Crippen molar-refractivity contribution in [1.82, 2.24) is 0 Å². The fourth-order valence-corrected chi connectivity index (χ4v) is 1.69. The lowest BCUT2D eigenvalue weighted by atomic mass is 10.1. The van der Waals surface area contributed by atoms with Crippen molar-refractivity contribution in [3.05, 3.63) is 0 Å². The van der Waals surface area contributed by atoms with E-state index in [0.717, 1.165) is 6.92 Å². The molecule has 8 heteroatoms. The van der Waals surface area contributed by atoms with Crippen LogP contribution in [-0.4, -0.2) is 54.2 Å². The molecule has 1 unspecified atom stereocenters. The highest BCUT2D eigenvalue weighted by molar-refractivity contribution is 5.67. The molecule has 0 aliphatic carbocycles. The van der Waals surface area contributed by atoms with Gasteiger partial charge in [-0.3, -0.25) is 14.4 Å². The quantitative estimate of drug-likeness (QED) is 0.521. The predicted octanol–water partition coefficient (Wildman–Crippen LogP) is -0.870. The summed E-state index contributed by atoms with van der Waals surface area (Å²) in [5.41, 5.74) is 0. The van der Waals surface area contributed by atoms with Crippen molar-refractivity contribution in [1.29, 1.82) is 0 Å². The van der Waals surface area contributed by atoms with Gasteiger partial charge in [0.2, 0.25) is 0 Å². The van der Waals surface area contributed by atoms with Gasteiger partial charge in [0.1, 0.15) is 12.7 Å². The number of ether oxygens (including phenoxy) is 4. The molecular weight excluding hydrogens is 260 g/mol. The Labute approximate surface area is 109 Å². The molecular formula is C11H16O8. The van der Waals surface area contributed by atoms with E-state index in [4.69, 9.17) is 18.9 Å². The molecule has 4 atom stereocenters. The number of aliphatic hydroxyl groups excluding tert-OH is 1. The summed E-state index contributed by atoms with van der Waals surface area (Å²) in [4.78, 5) is 32.7. The number of hydrogen-bond donors (Lipinski definition) is 1. The van der Waals surface area contributed by atoms with Crippen LogP contribution < -0.4 is 0 Å². The van der Waals surface area contributed by atoms with Crippen molar-refractivity contribution in [3.8, 4) is 0 Å². The maximum atomic E-state index is 11.0. The van der Waals surface area contributed by atoms with Crippen LogP contribution in [0, 0.1) is 0 Å². The summed E-state index contributed by atoms with van der Waals surface area (Å²) in [5, 5.41) is 9.63. The van der Waals surface area contributed by atoms with E-state index in [0.29, 0.717) is 0 Å². The normalized spacial score (nSPS) is 29.7. The Morgan fingerprint density at radius 3 is 2.00 bits per heavy atom. The van der Waals surface area contributed by atoms with Gasteiger partial charge in [-0.2, -0.15) is 0 Å². The van der Waals surface area contributed by atoms with Crippen molar-refractivity contribution in [2.24, 2.45) is 0 Å². The zero-order chi connectivity index (χ0) is 14.6. The predicted molar refractivity (Wildman–Crippen MR) is 58.6 cm³/mol. The van der Waals surface area contributed by atoms with Gasteiger partial charge >= 0.3 is 17.9 Å². The smallest absolute Gasteiger partial charge is 0.303 e. The Hall–Kier alpha value is -1.67. The summed E-state index contributed by atoms with van der Waals surface area (Å²) in [6.07, 6.45) is -4.53. The molecule has 108 valence electrons. The highest BCUT2D eigenvalue weighted by Crippen LogP contribution is 2.26. The van der Waals surface area contributed by atoms with Crippen LogP contribution in [0.1, 0.15) is 20.8 Å². The topological polar surface area (TPSA) is 108 Å². The lowest BCUT2D eigenvalue weighted by Crippen LogP contribution is -2.41. The van der Waals surface area contributed by atoms with Crippen LogP contribution in [-0.2, 0) is 33.3 Å². The van der Waals surface area contributed by atoms with E-state index in [-0.39, 0.29) is 6.61 Å². The molecule has 0 saturated carbocycles. The average molecular weight is 276 g/mol. The zero-order valence-electron chi connectivity index (χ0n) is 10.8. The van der Waals surface area contributed by atoms with Crippen LogP contribution >= 0.6 is 0 Å². The first-order valence-electron chi connectivity index (χ1n) is 5.62. The fraction of sp³-hybridized carbons (Fsp3) is 0.727. The Kier molecular flexibility index (Phi) is 5.25. The minimum Gasteiger partial charge on any atom is -0.463 e. The molecule has 1 aliphatic heterocycles. The second kappa shape index (κ2) is 6.48. The van der Waals surface area contributed by atoms with Gasteiger partial charge in [0, 0.05) is 20.8 Å². The van der Waals surface area contributed by atoms with Crippen LogP contribution in [0.25, 0.3) is 0 Å². The summed E-state index contributed by atoms with van der Waals surface area (Å²) >= 11 is 0. The van der Waals surface area contributed by atoms with Gasteiger partial charge in [-0.1, -0.05) is 0 Å². The molecule has 1 aliphatic rings. The lowest BCUT2D eigenvalue weighted by Gasteiger charge is -2.21. The van der Waals surface area contributed by atoms with Crippen molar-refractivity contribution in [2.75, 3.05) is 6.61 Å². The monoisotopic (exact) mass is 276 g/mol. The SMILES string of the molecule is CC(=O)OC[C@H]1OC(O)[C@@H](OC(C)=O)[C@H]1OC(C)=O. The Morgan fingerprint density at radius 1 is 1.00 bits per heavy atom. The molecule has 1 saturated heterocycles. The van der Waals surface area contributed by atoms with E-state index in [9.17, 15) is 19.5 Å². The first kappa shape index (κ1) is 15.4. The first-order chi connectivity index (χ1) is 8.81. The highest BCUT2D eigenvalue weighted by atomic mass is 16.7. The third kappa shape index (κ3) is 4.49. The van der Waals surface area contributed by atoms with Gasteiger partial charge in [0.25, 0.3) is 0 Å². The van der Waals surface area contributed by atoms with E-state index >= 15 is 0 Å². The first-order valence-corrected chi connectivity index (χ1v) is 5.62. The minimum atomic E-state index is -1.45. The van der Waals surface area contributed by atoms with E-state index in [2.05, 4.69) is 0 Å². The molecule has 19 heavy (non-hydrogen) atoms. The number of esters is 3. The molecule has 0 spiro atoms. The molecule has 0 aromatic rings. The van der Waals surface area contributed by atoms with Crippen molar-refractivity contribution in [2.45, 2.75) is 45.4 Å². The van der Waals surface area contributed by atoms with Gasteiger partial charge in [-0.25, -0.2) is 0 Å². The van der Waals surface area contributed by atoms with Gasteiger partial charge < -0.3 is 24.1 Å². The maximum absolute atomic E-state index is 11.0. The Balaban J connectivity index is 2.76. The molecule has 0 amide bonds. The number of aliphatic hydroxyl groups is 1. The molecule has 1 heterocycles. The van der Waals surface area contributed by atoms with Crippen LogP contribution in [0.15, 0.2) is 0 Å². The van der Waals surface area contributed by atoms with Crippen LogP contribution in [0.3, 0.4) is 0 Å². The number of hydrogen-bond acceptors (Lipinski definition) is 8. The van der Waals surface area contributed by atoms with Crippen molar-refractivity contribution < 1.29 is 38.4 Å². The molecule has 1 fully saturated rings. The van der Waals surface area contributed by atoms with E-state index in [1.54, 1.807) is 0 Å². The van der Waals surface area contributed by atoms with Crippen molar-refractivity contribution >= 4 is 17.9 Å². The zero-order valence-corrected chi connectivity index (χ0v) is 10.8. The average Bonchev–Trinajstić information content (AvgIpc) is 2.53. The fourth-order valence-electron chi connectivity index (χ4n) is 1.69. The molecule has 0 radical (unpaired) electrons. The second-order valence-electron chi connectivity index (χ2n) is 4.02. The molecule has 8 nitrogen and oxygen atoms in total. The Morgan fingerprint density at radius 2 is 1.53 bits per heavy atom. The third-order valence-electron chi connectivity index (χ3n) is 2.34. The third-order valence-corrected chi connectivity index (χ3v) is 2.34. The van der Waals surface area contributed by atoms with E-state index < -0.39 is 42.5 Å². The minimum absolute atomic E-state index is 0.220.